The normalized spacial score (nSPS) is 15.4. The summed E-state index contributed by atoms with van der Waals surface area (Å²) in [6.45, 7) is 1.89. The number of pyridine rings is 1. The molecule has 204 valence electrons. The van der Waals surface area contributed by atoms with Crippen molar-refractivity contribution in [3.05, 3.63) is 113 Å². The highest BCUT2D eigenvalue weighted by Gasteiger charge is 2.20. The van der Waals surface area contributed by atoms with E-state index < -0.39 is 20.0 Å². The van der Waals surface area contributed by atoms with Crippen LogP contribution in [0, 0.1) is 5.92 Å². The molecule has 0 spiro atoms. The van der Waals surface area contributed by atoms with Crippen molar-refractivity contribution in [2.24, 2.45) is 5.92 Å². The average molecular weight is 575 g/mol. The molecular weight excluding hydrogens is 548 g/mol. The Hall–Kier alpha value is -4.48. The van der Waals surface area contributed by atoms with Crippen LogP contribution < -0.4 is 9.44 Å². The minimum absolute atomic E-state index is 0.0479. The Morgan fingerprint density at radius 2 is 1.68 bits per heavy atom. The summed E-state index contributed by atoms with van der Waals surface area (Å²) in [5, 5.41) is 0.574. The number of hydrogen-bond acceptors (Lipinski definition) is 6. The molecule has 40 heavy (non-hydrogen) atoms. The lowest BCUT2D eigenvalue weighted by Crippen LogP contribution is -2.15. The molecule has 0 amide bonds. The smallest absolute Gasteiger partial charge is 0.261 e. The number of carbonyl (C=O) groups excluding carboxylic acids is 1. The summed E-state index contributed by atoms with van der Waals surface area (Å²) in [5.74, 6) is -0.363. The fourth-order valence-electron chi connectivity index (χ4n) is 4.36. The first-order valence-electron chi connectivity index (χ1n) is 12.3. The van der Waals surface area contributed by atoms with Gasteiger partial charge in [-0.05, 0) is 47.9 Å². The number of rotatable bonds is 8. The summed E-state index contributed by atoms with van der Waals surface area (Å²) >= 11 is 0. The Morgan fingerprint density at radius 1 is 0.925 bits per heavy atom. The molecule has 0 aliphatic heterocycles. The van der Waals surface area contributed by atoms with Gasteiger partial charge in [-0.3, -0.25) is 14.2 Å². The Bertz CT molecular complexity index is 1940. The number of ketones is 1. The van der Waals surface area contributed by atoms with Gasteiger partial charge in [-0.2, -0.15) is 0 Å². The number of nitrogens with zero attached hydrogens (tertiary/aromatic N) is 1. The number of H-pyrrole nitrogens is 1. The lowest BCUT2D eigenvalue weighted by molar-refractivity contribution is 0.104. The van der Waals surface area contributed by atoms with Crippen LogP contribution in [0.1, 0.15) is 22.8 Å². The first-order chi connectivity index (χ1) is 19.0. The SMILES string of the molecule is CC1C=CC=CC(S(=O)(=O)Nc2cccc(C(=O)c3c[nH]c4ncc(-c5cccc(NS(C)(=O)=O)c5)cc34)c2)=C1. The minimum Gasteiger partial charge on any atom is -0.345 e. The summed E-state index contributed by atoms with van der Waals surface area (Å²) in [7, 11) is -7.30. The molecule has 3 N–H and O–H groups in total. The van der Waals surface area contributed by atoms with E-state index in [-0.39, 0.29) is 22.3 Å². The molecule has 0 radical (unpaired) electrons. The van der Waals surface area contributed by atoms with Crippen LogP contribution in [-0.4, -0.2) is 38.8 Å². The molecule has 9 nitrogen and oxygen atoms in total. The van der Waals surface area contributed by atoms with Gasteiger partial charge in [0, 0.05) is 45.8 Å². The summed E-state index contributed by atoms with van der Waals surface area (Å²) in [6, 6.07) is 15.0. The molecule has 2 aromatic heterocycles. The maximum absolute atomic E-state index is 13.6. The molecule has 1 aliphatic rings. The topological polar surface area (TPSA) is 138 Å². The third-order valence-corrected chi connectivity index (χ3v) is 8.18. The highest BCUT2D eigenvalue weighted by atomic mass is 32.2. The number of benzene rings is 2. The summed E-state index contributed by atoms with van der Waals surface area (Å²) in [5.41, 5.74) is 3.24. The standard InChI is InChI=1S/C29H26N4O5S2/c1-19-7-3-4-12-25(13-19)40(37,38)33-24-11-6-9-21(15-24)28(34)27-18-31-29-26(27)16-22(17-30-29)20-8-5-10-23(14-20)32-39(2,35)36/h3-19,32-33H,1-2H3,(H,30,31). The van der Waals surface area contributed by atoms with E-state index in [1.165, 1.54) is 12.1 Å². The van der Waals surface area contributed by atoms with Crippen LogP contribution in [0.15, 0.2) is 102 Å². The van der Waals surface area contributed by atoms with E-state index in [1.54, 1.807) is 73.1 Å². The molecule has 1 atom stereocenters. The van der Waals surface area contributed by atoms with Crippen molar-refractivity contribution in [1.82, 2.24) is 9.97 Å². The molecule has 1 unspecified atom stereocenters. The fourth-order valence-corrected chi connectivity index (χ4v) is 6.12. The number of aromatic nitrogens is 2. The van der Waals surface area contributed by atoms with Gasteiger partial charge in [-0.1, -0.05) is 55.5 Å². The Morgan fingerprint density at radius 3 is 2.45 bits per heavy atom. The van der Waals surface area contributed by atoms with E-state index in [0.717, 1.165) is 6.26 Å². The van der Waals surface area contributed by atoms with Crippen molar-refractivity contribution in [3.63, 3.8) is 0 Å². The second-order valence-electron chi connectivity index (χ2n) is 9.47. The van der Waals surface area contributed by atoms with E-state index in [2.05, 4.69) is 19.4 Å². The summed E-state index contributed by atoms with van der Waals surface area (Å²) < 4.78 is 54.3. The van der Waals surface area contributed by atoms with Gasteiger partial charge in [0.2, 0.25) is 10.0 Å². The average Bonchev–Trinajstić information content (AvgIpc) is 3.19. The Labute approximate surface area is 232 Å². The van der Waals surface area contributed by atoms with Crippen molar-refractivity contribution >= 4 is 48.2 Å². The molecule has 0 bridgehead atoms. The molecule has 0 fully saturated rings. The van der Waals surface area contributed by atoms with Crippen LogP contribution in [0.3, 0.4) is 0 Å². The van der Waals surface area contributed by atoms with E-state index in [4.69, 9.17) is 0 Å². The van der Waals surface area contributed by atoms with Gasteiger partial charge >= 0.3 is 0 Å². The number of nitrogens with one attached hydrogen (secondary N) is 3. The second-order valence-corrected chi connectivity index (χ2v) is 12.9. The van der Waals surface area contributed by atoms with Crippen LogP contribution in [0.25, 0.3) is 22.2 Å². The largest absolute Gasteiger partial charge is 0.345 e. The van der Waals surface area contributed by atoms with Crippen LogP contribution in [0.5, 0.6) is 0 Å². The number of fused-ring (bicyclic) bond motifs is 1. The van der Waals surface area contributed by atoms with E-state index in [0.29, 0.717) is 39.0 Å². The van der Waals surface area contributed by atoms with Crippen molar-refractivity contribution in [1.29, 1.82) is 0 Å². The maximum Gasteiger partial charge on any atom is 0.261 e. The quantitative estimate of drug-likeness (QED) is 0.247. The van der Waals surface area contributed by atoms with Crippen LogP contribution in [0.4, 0.5) is 11.4 Å². The molecule has 0 saturated heterocycles. The first kappa shape index (κ1) is 27.1. The number of carbonyl (C=O) groups is 1. The lowest BCUT2D eigenvalue weighted by Gasteiger charge is -2.11. The first-order valence-corrected chi connectivity index (χ1v) is 15.7. The number of aromatic amines is 1. The number of sulfonamides is 2. The van der Waals surface area contributed by atoms with Crippen LogP contribution in [-0.2, 0) is 20.0 Å². The third kappa shape index (κ3) is 6.05. The Kier molecular flexibility index (Phi) is 7.17. The van der Waals surface area contributed by atoms with Crippen molar-refractivity contribution < 1.29 is 21.6 Å². The van der Waals surface area contributed by atoms with E-state index >= 15 is 0 Å². The van der Waals surface area contributed by atoms with Gasteiger partial charge < -0.3 is 4.98 Å². The summed E-state index contributed by atoms with van der Waals surface area (Å²) in [6.07, 6.45) is 12.8. The second kappa shape index (κ2) is 10.6. The predicted octanol–water partition coefficient (Wildman–Crippen LogP) is 5.22. The Balaban J connectivity index is 1.44. The fraction of sp³-hybridized carbons (Fsp3) is 0.103. The zero-order valence-electron chi connectivity index (χ0n) is 21.6. The number of hydrogen-bond donors (Lipinski definition) is 3. The van der Waals surface area contributed by atoms with E-state index in [1.807, 2.05) is 19.1 Å². The highest BCUT2D eigenvalue weighted by molar-refractivity contribution is 7.96. The molecule has 5 rings (SSSR count). The summed E-state index contributed by atoms with van der Waals surface area (Å²) in [4.78, 5) is 21.1. The molecule has 1 aliphatic carbocycles. The monoisotopic (exact) mass is 574 g/mol. The molecule has 11 heteroatoms. The van der Waals surface area contributed by atoms with Crippen molar-refractivity contribution in [2.45, 2.75) is 6.92 Å². The van der Waals surface area contributed by atoms with Crippen LogP contribution in [0.2, 0.25) is 0 Å². The van der Waals surface area contributed by atoms with Crippen molar-refractivity contribution in [2.75, 3.05) is 15.7 Å². The van der Waals surface area contributed by atoms with Gasteiger partial charge in [0.05, 0.1) is 11.2 Å². The zero-order valence-corrected chi connectivity index (χ0v) is 23.3. The van der Waals surface area contributed by atoms with Crippen LogP contribution >= 0.6 is 0 Å². The molecule has 0 saturated carbocycles. The molecular formula is C29H26N4O5S2. The number of allylic oxidation sites excluding steroid dienone is 5. The highest BCUT2D eigenvalue weighted by Crippen LogP contribution is 2.29. The zero-order chi connectivity index (χ0) is 28.5. The van der Waals surface area contributed by atoms with Gasteiger partial charge in [-0.25, -0.2) is 21.8 Å². The molecule has 4 aromatic rings. The van der Waals surface area contributed by atoms with Gasteiger partial charge in [0.1, 0.15) is 5.65 Å². The third-order valence-electron chi connectivity index (χ3n) is 6.18. The molecule has 2 heterocycles. The minimum atomic E-state index is -3.86. The molecule has 2 aromatic carbocycles. The maximum atomic E-state index is 13.6. The van der Waals surface area contributed by atoms with Gasteiger partial charge in [0.15, 0.2) is 5.78 Å². The van der Waals surface area contributed by atoms with Crippen molar-refractivity contribution in [3.8, 4) is 11.1 Å². The van der Waals surface area contributed by atoms with E-state index in [9.17, 15) is 21.6 Å². The lowest BCUT2D eigenvalue weighted by atomic mass is 10.0. The van der Waals surface area contributed by atoms with Gasteiger partial charge in [-0.15, -0.1) is 0 Å². The number of anilines is 2. The van der Waals surface area contributed by atoms with Gasteiger partial charge in [0.25, 0.3) is 10.0 Å². The predicted molar refractivity (Wildman–Crippen MR) is 158 cm³/mol.